The molecule has 0 aliphatic carbocycles. The van der Waals surface area contributed by atoms with Crippen LogP contribution in [-0.2, 0) is 12.8 Å². The molecule has 19 heavy (non-hydrogen) atoms. The van der Waals surface area contributed by atoms with E-state index in [9.17, 15) is 0 Å². The summed E-state index contributed by atoms with van der Waals surface area (Å²) in [6.07, 6.45) is 2.28. The summed E-state index contributed by atoms with van der Waals surface area (Å²) in [6.45, 7) is 0. The molecule has 0 N–H and O–H groups in total. The Balaban J connectivity index is 1.67. The number of hydrogen-bond acceptors (Lipinski definition) is 1. The molecule has 0 fully saturated rings. The maximum absolute atomic E-state index is 3.51. The first-order chi connectivity index (χ1) is 9.24. The normalized spacial score (nSPS) is 10.6. The molecule has 0 atom stereocenters. The molecular weight excluding hydrogens is 384 g/mol. The van der Waals surface area contributed by atoms with Gasteiger partial charge in [0.1, 0.15) is 0 Å². The van der Waals surface area contributed by atoms with E-state index in [0.29, 0.717) is 0 Å². The quantitative estimate of drug-likeness (QED) is 0.559. The van der Waals surface area contributed by atoms with Gasteiger partial charge >= 0.3 is 0 Å². The third-order valence-corrected chi connectivity index (χ3v) is 4.82. The molecule has 0 saturated heterocycles. The zero-order valence-electron chi connectivity index (χ0n) is 10.6. The summed E-state index contributed by atoms with van der Waals surface area (Å²) in [6, 6.07) is 17.1. The fraction of sp³-hybridized carbons (Fsp3) is 0.250. The molecule has 0 unspecified atom stereocenters. The Labute approximate surface area is 136 Å². The highest BCUT2D eigenvalue weighted by Crippen LogP contribution is 2.16. The van der Waals surface area contributed by atoms with Gasteiger partial charge in [-0.2, -0.15) is 11.8 Å². The van der Waals surface area contributed by atoms with Crippen LogP contribution in [0.1, 0.15) is 11.1 Å². The van der Waals surface area contributed by atoms with Crippen molar-refractivity contribution < 1.29 is 0 Å². The van der Waals surface area contributed by atoms with Gasteiger partial charge in [0, 0.05) is 8.95 Å². The molecule has 2 aromatic carbocycles. The van der Waals surface area contributed by atoms with Crippen LogP contribution in [0.15, 0.2) is 57.5 Å². The third-order valence-electron chi connectivity index (χ3n) is 2.85. The van der Waals surface area contributed by atoms with Gasteiger partial charge in [0.05, 0.1) is 0 Å². The molecule has 0 aliphatic heterocycles. The van der Waals surface area contributed by atoms with Gasteiger partial charge in [0.2, 0.25) is 0 Å². The van der Waals surface area contributed by atoms with Gasteiger partial charge in [0.25, 0.3) is 0 Å². The van der Waals surface area contributed by atoms with Crippen molar-refractivity contribution in [2.24, 2.45) is 0 Å². The van der Waals surface area contributed by atoms with Crippen LogP contribution in [0.25, 0.3) is 0 Å². The molecule has 0 bridgehead atoms. The van der Waals surface area contributed by atoms with Gasteiger partial charge in [-0.1, -0.05) is 56.1 Å². The Morgan fingerprint density at radius 1 is 0.737 bits per heavy atom. The molecule has 0 aliphatic rings. The number of hydrogen-bond donors (Lipinski definition) is 0. The lowest BCUT2D eigenvalue weighted by Gasteiger charge is -2.04. The van der Waals surface area contributed by atoms with Crippen LogP contribution in [0.2, 0.25) is 0 Å². The molecule has 2 rings (SSSR count). The Bertz CT molecular complexity index is 478. The average Bonchev–Trinajstić information content (AvgIpc) is 2.38. The summed E-state index contributed by atoms with van der Waals surface area (Å²) in [7, 11) is 0. The zero-order chi connectivity index (χ0) is 13.5. The average molecular weight is 400 g/mol. The topological polar surface area (TPSA) is 0 Å². The molecule has 0 nitrogen and oxygen atoms in total. The lowest BCUT2D eigenvalue weighted by Crippen LogP contribution is -1.93. The molecule has 0 radical (unpaired) electrons. The highest BCUT2D eigenvalue weighted by molar-refractivity contribution is 9.10. The second kappa shape index (κ2) is 8.13. The van der Waals surface area contributed by atoms with E-state index in [1.54, 1.807) is 0 Å². The van der Waals surface area contributed by atoms with E-state index in [2.05, 4.69) is 80.4 Å². The number of rotatable bonds is 6. The Morgan fingerprint density at radius 2 is 1.21 bits per heavy atom. The maximum Gasteiger partial charge on any atom is 0.0178 e. The summed E-state index contributed by atoms with van der Waals surface area (Å²) in [5, 5.41) is 0. The van der Waals surface area contributed by atoms with E-state index >= 15 is 0 Å². The highest BCUT2D eigenvalue weighted by Gasteiger charge is 1.97. The predicted molar refractivity (Wildman–Crippen MR) is 93.0 cm³/mol. The molecule has 100 valence electrons. The third kappa shape index (κ3) is 5.72. The van der Waals surface area contributed by atoms with E-state index in [1.807, 2.05) is 11.8 Å². The second-order valence-corrected chi connectivity index (χ2v) is 7.43. The van der Waals surface area contributed by atoms with Crippen molar-refractivity contribution in [3.63, 3.8) is 0 Å². The molecule has 0 aromatic heterocycles. The first kappa shape index (κ1) is 15.1. The van der Waals surface area contributed by atoms with Gasteiger partial charge in [-0.3, -0.25) is 0 Å². The van der Waals surface area contributed by atoms with Gasteiger partial charge in [-0.25, -0.2) is 0 Å². The van der Waals surface area contributed by atoms with Crippen molar-refractivity contribution in [1.82, 2.24) is 0 Å². The van der Waals surface area contributed by atoms with Crippen molar-refractivity contribution in [2.75, 3.05) is 11.5 Å². The van der Waals surface area contributed by atoms with Crippen LogP contribution in [0.5, 0.6) is 0 Å². The smallest absolute Gasteiger partial charge is 0.0178 e. The molecule has 0 spiro atoms. The molecule has 0 amide bonds. The predicted octanol–water partition coefficient (Wildman–Crippen LogP) is 5.73. The van der Waals surface area contributed by atoms with Gasteiger partial charge in [-0.05, 0) is 59.7 Å². The molecular formula is C16H16Br2S. The van der Waals surface area contributed by atoms with E-state index in [4.69, 9.17) is 0 Å². The Hall–Kier alpha value is -0.250. The lowest BCUT2D eigenvalue weighted by atomic mass is 10.2. The highest BCUT2D eigenvalue weighted by atomic mass is 79.9. The minimum absolute atomic E-state index is 1.14. The molecule has 0 heterocycles. The number of halogens is 2. The fourth-order valence-corrected chi connectivity index (χ4v) is 3.72. The first-order valence-electron chi connectivity index (χ1n) is 6.31. The van der Waals surface area contributed by atoms with Gasteiger partial charge in [-0.15, -0.1) is 0 Å². The second-order valence-electron chi connectivity index (χ2n) is 4.37. The van der Waals surface area contributed by atoms with Crippen LogP contribution in [-0.4, -0.2) is 11.5 Å². The summed E-state index contributed by atoms with van der Waals surface area (Å²) >= 11 is 9.05. The summed E-state index contributed by atoms with van der Waals surface area (Å²) in [5.41, 5.74) is 2.81. The zero-order valence-corrected chi connectivity index (χ0v) is 14.6. The Morgan fingerprint density at radius 3 is 1.63 bits per heavy atom. The van der Waals surface area contributed by atoms with E-state index in [1.165, 1.54) is 31.6 Å². The fourth-order valence-electron chi connectivity index (χ4n) is 1.87. The van der Waals surface area contributed by atoms with E-state index in [0.717, 1.165) is 12.8 Å². The first-order valence-corrected chi connectivity index (χ1v) is 9.05. The maximum atomic E-state index is 3.51. The van der Waals surface area contributed by atoms with Gasteiger partial charge in [0.15, 0.2) is 0 Å². The van der Waals surface area contributed by atoms with Crippen LogP contribution >= 0.6 is 43.6 Å². The standard InChI is InChI=1S/C16H16Br2S/c17-15-5-1-3-13(11-15)7-9-19-10-8-14-4-2-6-16(18)12-14/h1-6,11-12H,7-10H2. The number of benzene rings is 2. The number of aryl methyl sites for hydroxylation is 2. The lowest BCUT2D eigenvalue weighted by molar-refractivity contribution is 1.12. The van der Waals surface area contributed by atoms with Crippen molar-refractivity contribution in [2.45, 2.75) is 12.8 Å². The SMILES string of the molecule is Brc1cccc(CCSCCc2cccc(Br)c2)c1. The summed E-state index contributed by atoms with van der Waals surface area (Å²) < 4.78 is 2.34. The van der Waals surface area contributed by atoms with Crippen molar-refractivity contribution in [1.29, 1.82) is 0 Å². The minimum Gasteiger partial charge on any atom is -0.161 e. The molecule has 2 aromatic rings. The molecule has 0 saturated carbocycles. The minimum atomic E-state index is 1.14. The summed E-state index contributed by atoms with van der Waals surface area (Å²) in [4.78, 5) is 0. The summed E-state index contributed by atoms with van der Waals surface area (Å²) in [5.74, 6) is 2.37. The van der Waals surface area contributed by atoms with E-state index in [-0.39, 0.29) is 0 Å². The van der Waals surface area contributed by atoms with E-state index < -0.39 is 0 Å². The van der Waals surface area contributed by atoms with Crippen LogP contribution in [0, 0.1) is 0 Å². The van der Waals surface area contributed by atoms with Crippen LogP contribution in [0.3, 0.4) is 0 Å². The van der Waals surface area contributed by atoms with Crippen LogP contribution in [0.4, 0.5) is 0 Å². The van der Waals surface area contributed by atoms with Crippen molar-refractivity contribution >= 4 is 43.6 Å². The number of thioether (sulfide) groups is 1. The van der Waals surface area contributed by atoms with Crippen LogP contribution < -0.4 is 0 Å². The monoisotopic (exact) mass is 398 g/mol. The molecule has 3 heteroatoms. The van der Waals surface area contributed by atoms with Gasteiger partial charge < -0.3 is 0 Å². The van der Waals surface area contributed by atoms with Crippen molar-refractivity contribution in [3.8, 4) is 0 Å². The van der Waals surface area contributed by atoms with Crippen molar-refractivity contribution in [3.05, 3.63) is 68.6 Å². The largest absolute Gasteiger partial charge is 0.161 e. The Kier molecular flexibility index (Phi) is 6.48.